The van der Waals surface area contributed by atoms with E-state index >= 15 is 0 Å². The van der Waals surface area contributed by atoms with Gasteiger partial charge in [-0.05, 0) is 19.3 Å². The van der Waals surface area contributed by atoms with Gasteiger partial charge in [0.2, 0.25) is 0 Å². The Morgan fingerprint density at radius 3 is 0.893 bits per heavy atom. The molecular weight excluding hydrogens is 563 g/mol. The Labute approximate surface area is 187 Å². The van der Waals surface area contributed by atoms with Gasteiger partial charge in [-0.2, -0.15) is 0 Å². The van der Waals surface area contributed by atoms with Gasteiger partial charge in [-0.15, -0.1) is 0 Å². The third kappa shape index (κ3) is 27.4. The Morgan fingerprint density at radius 1 is 0.607 bits per heavy atom. The van der Waals surface area contributed by atoms with Crippen LogP contribution >= 0.6 is 0 Å². The fraction of sp³-hybridized carbons (Fsp3) is 0.833. The quantitative estimate of drug-likeness (QED) is 0.201. The van der Waals surface area contributed by atoms with E-state index in [4.69, 9.17) is 17.2 Å². The van der Waals surface area contributed by atoms with Gasteiger partial charge < -0.3 is 46.9 Å². The van der Waals surface area contributed by atoms with Gasteiger partial charge in [0, 0.05) is 18.1 Å². The zero-order valence-corrected chi connectivity index (χ0v) is 20.7. The van der Waals surface area contributed by atoms with Crippen molar-refractivity contribution >= 4 is 44.1 Å². The normalized spacial score (nSPS) is 12.6. The molecule has 0 saturated carbocycles. The maximum absolute atomic E-state index is 9.97. The van der Waals surface area contributed by atoms with Crippen LogP contribution in [0.2, 0.25) is 0 Å². The summed E-state index contributed by atoms with van der Waals surface area (Å²) in [6.07, 6.45) is 7.07. The number of hydrogen-bond acceptors (Lipinski definition) is 9. The van der Waals surface area contributed by atoms with Crippen LogP contribution < -0.4 is 32.5 Å². The summed E-state index contributed by atoms with van der Waals surface area (Å²) >= 11 is 0. The van der Waals surface area contributed by atoms with E-state index in [2.05, 4.69) is 0 Å². The summed E-state index contributed by atoms with van der Waals surface area (Å²) in [6.45, 7) is 5.96. The Hall–Kier alpha value is -0.827. The van der Waals surface area contributed by atoms with E-state index in [1.165, 1.54) is 0 Å². The molecular formula is C18H36BiN3O6. The first kappa shape index (κ1) is 34.7. The zero-order valence-electron chi connectivity index (χ0n) is 17.2. The van der Waals surface area contributed by atoms with Gasteiger partial charge >= 0.3 is 26.2 Å². The van der Waals surface area contributed by atoms with Crippen LogP contribution in [0, 0.1) is 0 Å². The van der Waals surface area contributed by atoms with Crippen LogP contribution in [-0.4, -0.2) is 62.2 Å². The molecule has 3 unspecified atom stereocenters. The number of carboxylic acids is 3. The van der Waals surface area contributed by atoms with E-state index in [9.17, 15) is 29.7 Å². The third-order valence-electron chi connectivity index (χ3n) is 3.51. The predicted molar refractivity (Wildman–Crippen MR) is 103 cm³/mol. The number of aliphatic carboxylic acids is 3. The van der Waals surface area contributed by atoms with Crippen molar-refractivity contribution in [3.05, 3.63) is 0 Å². The monoisotopic (exact) mass is 599 g/mol. The van der Waals surface area contributed by atoms with E-state index in [1.54, 1.807) is 0 Å². The number of hydrogen-bond donors (Lipinski definition) is 3. The fourth-order valence-electron chi connectivity index (χ4n) is 1.63. The van der Waals surface area contributed by atoms with Crippen LogP contribution in [0.5, 0.6) is 0 Å². The van der Waals surface area contributed by atoms with Crippen molar-refractivity contribution in [1.82, 2.24) is 0 Å². The molecule has 0 heterocycles. The molecule has 0 spiro atoms. The van der Waals surface area contributed by atoms with Gasteiger partial charge in [0.1, 0.15) is 0 Å². The number of unbranched alkanes of at least 4 members (excludes halogenated alkanes) is 3. The minimum absolute atomic E-state index is 0. The molecule has 0 aliphatic carbocycles. The molecule has 0 aliphatic heterocycles. The van der Waals surface area contributed by atoms with Crippen LogP contribution in [0.1, 0.15) is 78.6 Å². The smallest absolute Gasteiger partial charge is 0.548 e. The van der Waals surface area contributed by atoms with Gasteiger partial charge in [-0.3, -0.25) is 0 Å². The largest absolute Gasteiger partial charge is 3.00 e. The van der Waals surface area contributed by atoms with Gasteiger partial charge in [-0.1, -0.05) is 59.3 Å². The molecule has 0 aromatic heterocycles. The van der Waals surface area contributed by atoms with Gasteiger partial charge in [0.25, 0.3) is 0 Å². The number of carboxylic acid groups (broad SMARTS) is 3. The molecule has 0 amide bonds. The molecule has 164 valence electrons. The second-order valence-corrected chi connectivity index (χ2v) is 6.20. The summed E-state index contributed by atoms with van der Waals surface area (Å²) in [4.78, 5) is 29.9. The second-order valence-electron chi connectivity index (χ2n) is 6.20. The van der Waals surface area contributed by atoms with E-state index in [0.29, 0.717) is 19.3 Å². The standard InChI is InChI=1S/3C6H13NO2.Bi/c3*1-2-3-4-5(7)6(8)9;/h3*5H,2-4,7H2,1H3,(H,8,9);/q;;;+3/p-3. The molecule has 0 aromatic rings. The summed E-state index contributed by atoms with van der Waals surface area (Å²) in [5.41, 5.74) is 15.4. The molecule has 28 heavy (non-hydrogen) atoms. The molecule has 0 rings (SSSR count). The Kier molecular flexibility index (Phi) is 30.0. The summed E-state index contributed by atoms with van der Waals surface area (Å²) in [5.74, 6) is -3.45. The molecule has 6 N–H and O–H groups in total. The summed E-state index contributed by atoms with van der Waals surface area (Å²) in [7, 11) is 0. The first-order chi connectivity index (χ1) is 12.5. The van der Waals surface area contributed by atoms with E-state index < -0.39 is 36.0 Å². The maximum atomic E-state index is 9.97. The van der Waals surface area contributed by atoms with Gasteiger partial charge in [0.15, 0.2) is 0 Å². The zero-order chi connectivity index (χ0) is 21.8. The van der Waals surface area contributed by atoms with Crippen LogP contribution in [-0.2, 0) is 14.4 Å². The molecule has 10 heteroatoms. The molecule has 9 nitrogen and oxygen atoms in total. The average Bonchev–Trinajstić information content (AvgIpc) is 2.62. The topological polar surface area (TPSA) is 198 Å². The predicted octanol–water partition coefficient (Wildman–Crippen LogP) is -2.62. The molecule has 2 radical (unpaired) electrons. The van der Waals surface area contributed by atoms with Crippen molar-refractivity contribution in [3.63, 3.8) is 0 Å². The number of carbonyl (C=O) groups is 3. The van der Waals surface area contributed by atoms with Gasteiger partial charge in [0.05, 0.1) is 17.9 Å². The average molecular weight is 599 g/mol. The Morgan fingerprint density at radius 2 is 0.786 bits per heavy atom. The molecule has 0 aromatic carbocycles. The fourth-order valence-corrected chi connectivity index (χ4v) is 1.63. The maximum Gasteiger partial charge on any atom is 3.00 e. The number of nitrogens with two attached hydrogens (primary N) is 3. The third-order valence-corrected chi connectivity index (χ3v) is 3.51. The SMILES string of the molecule is CCCCC(N)C(=O)[O-].CCCCC(N)C(=O)[O-].CCCCC(N)C(=O)[O-].[Bi+3]. The summed E-state index contributed by atoms with van der Waals surface area (Å²) in [6, 6.07) is -2.32. The minimum Gasteiger partial charge on any atom is -0.548 e. The summed E-state index contributed by atoms with van der Waals surface area (Å²) in [5, 5.41) is 29.9. The van der Waals surface area contributed by atoms with Crippen molar-refractivity contribution in [2.45, 2.75) is 96.7 Å². The van der Waals surface area contributed by atoms with Crippen LogP contribution in [0.3, 0.4) is 0 Å². The van der Waals surface area contributed by atoms with Gasteiger partial charge in [-0.25, -0.2) is 0 Å². The second kappa shape index (κ2) is 24.2. The molecule has 0 bridgehead atoms. The first-order valence-corrected chi connectivity index (χ1v) is 9.44. The van der Waals surface area contributed by atoms with Crippen LogP contribution in [0.4, 0.5) is 0 Å². The molecule has 0 fully saturated rings. The van der Waals surface area contributed by atoms with E-state index in [-0.39, 0.29) is 26.2 Å². The van der Waals surface area contributed by atoms with Crippen molar-refractivity contribution in [1.29, 1.82) is 0 Å². The number of rotatable bonds is 12. The van der Waals surface area contributed by atoms with Crippen molar-refractivity contribution in [2.24, 2.45) is 17.2 Å². The van der Waals surface area contributed by atoms with Crippen molar-refractivity contribution in [2.75, 3.05) is 0 Å². The van der Waals surface area contributed by atoms with E-state index in [1.807, 2.05) is 20.8 Å². The van der Waals surface area contributed by atoms with Crippen molar-refractivity contribution < 1.29 is 29.7 Å². The summed E-state index contributed by atoms with van der Waals surface area (Å²) < 4.78 is 0. The Bertz CT molecular complexity index is 342. The van der Waals surface area contributed by atoms with Crippen LogP contribution in [0.25, 0.3) is 0 Å². The van der Waals surface area contributed by atoms with Crippen LogP contribution in [0.15, 0.2) is 0 Å². The Balaban J connectivity index is -0.000000152. The molecule has 0 saturated heterocycles. The minimum atomic E-state index is -1.15. The first-order valence-electron chi connectivity index (χ1n) is 9.44. The molecule has 3 atom stereocenters. The number of carbonyl (C=O) groups excluding carboxylic acids is 3. The van der Waals surface area contributed by atoms with Crippen molar-refractivity contribution in [3.8, 4) is 0 Å². The van der Waals surface area contributed by atoms with E-state index in [0.717, 1.165) is 38.5 Å². The molecule has 0 aliphatic rings.